The van der Waals surface area contributed by atoms with E-state index in [9.17, 15) is 4.79 Å². The number of rotatable bonds is 2. The third-order valence-corrected chi connectivity index (χ3v) is 3.12. The Balaban J connectivity index is 2.91. The predicted octanol–water partition coefficient (Wildman–Crippen LogP) is 3.13. The van der Waals surface area contributed by atoms with Crippen LogP contribution in [0, 0.1) is 11.3 Å². The molecule has 0 aliphatic heterocycles. The van der Waals surface area contributed by atoms with Gasteiger partial charge in [-0.15, -0.1) is 0 Å². The number of carbonyl (C=O) groups excluding carboxylic acids is 1. The zero-order valence-electron chi connectivity index (χ0n) is 8.84. The van der Waals surface area contributed by atoms with Crippen molar-refractivity contribution in [1.29, 1.82) is 5.26 Å². The fourth-order valence-corrected chi connectivity index (χ4v) is 1.45. The highest BCUT2D eigenvalue weighted by Gasteiger charge is 2.20. The van der Waals surface area contributed by atoms with Crippen LogP contribution in [0.4, 0.5) is 0 Å². The fraction of sp³-hybridized carbons (Fsp3) is 0.273. The van der Waals surface area contributed by atoms with Crippen molar-refractivity contribution in [2.75, 3.05) is 0 Å². The number of nitrogens with one attached hydrogen (secondary N) is 1. The van der Waals surface area contributed by atoms with Crippen LogP contribution in [0.15, 0.2) is 22.7 Å². The van der Waals surface area contributed by atoms with Crippen molar-refractivity contribution in [2.24, 2.45) is 0 Å². The minimum Gasteiger partial charge on any atom is -0.334 e. The third-order valence-electron chi connectivity index (χ3n) is 1.89. The molecule has 1 N–H and O–H groups in total. The molecule has 1 aromatic carbocycles. The molecule has 0 radical (unpaired) electrons. The van der Waals surface area contributed by atoms with E-state index < -0.39 is 5.54 Å². The minimum atomic E-state index is -0.892. The number of hydrogen-bond donors (Lipinski definition) is 1. The van der Waals surface area contributed by atoms with Gasteiger partial charge in [0, 0.05) is 10.0 Å². The van der Waals surface area contributed by atoms with Gasteiger partial charge in [0.05, 0.1) is 11.1 Å². The van der Waals surface area contributed by atoms with E-state index in [-0.39, 0.29) is 5.91 Å². The number of hydrogen-bond acceptors (Lipinski definition) is 2. The monoisotopic (exact) mass is 300 g/mol. The number of nitrogens with zero attached hydrogens (tertiary/aromatic N) is 1. The van der Waals surface area contributed by atoms with Crippen LogP contribution in [0.2, 0.25) is 5.02 Å². The lowest BCUT2D eigenvalue weighted by Crippen LogP contribution is -2.42. The van der Waals surface area contributed by atoms with Gasteiger partial charge < -0.3 is 5.32 Å². The second-order valence-corrected chi connectivity index (χ2v) is 5.08. The molecule has 0 aromatic heterocycles. The Morgan fingerprint density at radius 1 is 1.56 bits per heavy atom. The molecule has 0 aliphatic carbocycles. The Hall–Kier alpha value is -1.05. The summed E-state index contributed by atoms with van der Waals surface area (Å²) in [6.45, 7) is 3.26. The molecule has 0 aliphatic rings. The molecule has 0 unspecified atom stereocenters. The van der Waals surface area contributed by atoms with Crippen LogP contribution in [-0.4, -0.2) is 11.4 Å². The van der Waals surface area contributed by atoms with Crippen LogP contribution in [0.3, 0.4) is 0 Å². The van der Waals surface area contributed by atoms with Crippen molar-refractivity contribution in [3.63, 3.8) is 0 Å². The smallest absolute Gasteiger partial charge is 0.252 e. The van der Waals surface area contributed by atoms with Gasteiger partial charge in [-0.2, -0.15) is 5.26 Å². The van der Waals surface area contributed by atoms with Gasteiger partial charge in [-0.25, -0.2) is 0 Å². The molecule has 0 heterocycles. The van der Waals surface area contributed by atoms with Crippen LogP contribution >= 0.6 is 27.5 Å². The second-order valence-electron chi connectivity index (χ2n) is 3.82. The van der Waals surface area contributed by atoms with Crippen LogP contribution in [-0.2, 0) is 0 Å². The number of amides is 1. The number of halogens is 2. The Morgan fingerprint density at radius 2 is 2.19 bits per heavy atom. The zero-order valence-corrected chi connectivity index (χ0v) is 11.2. The maximum atomic E-state index is 11.7. The average Bonchev–Trinajstić information content (AvgIpc) is 2.21. The standard InChI is InChI=1S/C11H10BrClN2O/c1-11(2,6-14)15-10(16)7-3-4-8(12)9(13)5-7/h3-5H,1-2H3,(H,15,16). The van der Waals surface area contributed by atoms with Crippen LogP contribution < -0.4 is 5.32 Å². The average molecular weight is 302 g/mol. The molecule has 0 spiro atoms. The van der Waals surface area contributed by atoms with E-state index in [1.165, 1.54) is 0 Å². The first kappa shape index (κ1) is 13.0. The summed E-state index contributed by atoms with van der Waals surface area (Å²) in [5.74, 6) is -0.319. The predicted molar refractivity (Wildman–Crippen MR) is 66.3 cm³/mol. The summed E-state index contributed by atoms with van der Waals surface area (Å²) in [6, 6.07) is 6.87. The minimum absolute atomic E-state index is 0.319. The first-order valence-electron chi connectivity index (χ1n) is 4.54. The van der Waals surface area contributed by atoms with Crippen molar-refractivity contribution >= 4 is 33.4 Å². The maximum absolute atomic E-state index is 11.7. The largest absolute Gasteiger partial charge is 0.334 e. The van der Waals surface area contributed by atoms with E-state index in [1.807, 2.05) is 6.07 Å². The Bertz CT molecular complexity index is 466. The first-order chi connectivity index (χ1) is 7.35. The van der Waals surface area contributed by atoms with Gasteiger partial charge in [-0.3, -0.25) is 4.79 Å². The lowest BCUT2D eigenvalue weighted by molar-refractivity contribution is 0.0929. The van der Waals surface area contributed by atoms with Crippen molar-refractivity contribution < 1.29 is 4.79 Å². The molecule has 16 heavy (non-hydrogen) atoms. The number of benzene rings is 1. The van der Waals surface area contributed by atoms with E-state index in [0.29, 0.717) is 10.6 Å². The SMILES string of the molecule is CC(C)(C#N)NC(=O)c1ccc(Br)c(Cl)c1. The Morgan fingerprint density at radius 3 is 2.69 bits per heavy atom. The topological polar surface area (TPSA) is 52.9 Å². The number of nitriles is 1. The normalized spacial score (nSPS) is 10.7. The molecule has 84 valence electrons. The lowest BCUT2D eigenvalue weighted by atomic mass is 10.1. The van der Waals surface area contributed by atoms with Gasteiger partial charge in [0.1, 0.15) is 5.54 Å². The van der Waals surface area contributed by atoms with Crippen LogP contribution in [0.25, 0.3) is 0 Å². The van der Waals surface area contributed by atoms with Gasteiger partial charge in [-0.1, -0.05) is 11.6 Å². The highest BCUT2D eigenvalue weighted by atomic mass is 79.9. The quantitative estimate of drug-likeness (QED) is 0.912. The van der Waals surface area contributed by atoms with E-state index in [1.54, 1.807) is 32.0 Å². The van der Waals surface area contributed by atoms with E-state index in [2.05, 4.69) is 21.2 Å². The molecule has 0 fully saturated rings. The maximum Gasteiger partial charge on any atom is 0.252 e. The molecule has 3 nitrogen and oxygen atoms in total. The van der Waals surface area contributed by atoms with Crippen molar-refractivity contribution in [3.05, 3.63) is 33.3 Å². The van der Waals surface area contributed by atoms with Gasteiger partial charge in [0.2, 0.25) is 0 Å². The van der Waals surface area contributed by atoms with Crippen LogP contribution in [0.5, 0.6) is 0 Å². The summed E-state index contributed by atoms with van der Waals surface area (Å²) >= 11 is 9.11. The fourth-order valence-electron chi connectivity index (χ4n) is 1.02. The van der Waals surface area contributed by atoms with Gasteiger partial charge >= 0.3 is 0 Å². The highest BCUT2D eigenvalue weighted by Crippen LogP contribution is 2.23. The highest BCUT2D eigenvalue weighted by molar-refractivity contribution is 9.10. The third kappa shape index (κ3) is 3.22. The van der Waals surface area contributed by atoms with Crippen molar-refractivity contribution in [2.45, 2.75) is 19.4 Å². The second kappa shape index (κ2) is 4.86. The summed E-state index contributed by atoms with van der Waals surface area (Å²) in [5.41, 5.74) is -0.465. The molecule has 0 saturated heterocycles. The van der Waals surface area contributed by atoms with Crippen molar-refractivity contribution in [1.82, 2.24) is 5.32 Å². The lowest BCUT2D eigenvalue weighted by Gasteiger charge is -2.17. The number of carbonyl (C=O) groups is 1. The molecular weight excluding hydrogens is 291 g/mol. The Labute approximate surface area is 108 Å². The van der Waals surface area contributed by atoms with Gasteiger partial charge in [-0.05, 0) is 48.0 Å². The molecule has 1 aromatic rings. The zero-order chi connectivity index (χ0) is 12.3. The molecule has 1 amide bonds. The van der Waals surface area contributed by atoms with Gasteiger partial charge in [0.25, 0.3) is 5.91 Å². The summed E-state index contributed by atoms with van der Waals surface area (Å²) in [4.78, 5) is 11.7. The van der Waals surface area contributed by atoms with E-state index in [0.717, 1.165) is 4.47 Å². The molecular formula is C11H10BrClN2O. The van der Waals surface area contributed by atoms with Gasteiger partial charge in [0.15, 0.2) is 0 Å². The summed E-state index contributed by atoms with van der Waals surface area (Å²) in [6.07, 6.45) is 0. The summed E-state index contributed by atoms with van der Waals surface area (Å²) in [7, 11) is 0. The van der Waals surface area contributed by atoms with Crippen molar-refractivity contribution in [3.8, 4) is 6.07 Å². The molecule has 1 rings (SSSR count). The first-order valence-corrected chi connectivity index (χ1v) is 5.71. The molecule has 5 heteroatoms. The molecule has 0 saturated carbocycles. The van der Waals surface area contributed by atoms with E-state index in [4.69, 9.17) is 16.9 Å². The molecule has 0 bridgehead atoms. The Kier molecular flexibility index (Phi) is 3.95. The molecule has 0 atom stereocenters. The van der Waals surface area contributed by atoms with E-state index >= 15 is 0 Å². The van der Waals surface area contributed by atoms with Crippen LogP contribution in [0.1, 0.15) is 24.2 Å². The summed E-state index contributed by atoms with van der Waals surface area (Å²) < 4.78 is 0.727. The summed E-state index contributed by atoms with van der Waals surface area (Å²) in [5, 5.41) is 11.8.